The number of carbonyl (C=O) groups is 1. The van der Waals surface area contributed by atoms with Crippen LogP contribution in [0.2, 0.25) is 0 Å². The van der Waals surface area contributed by atoms with Crippen molar-refractivity contribution in [1.82, 2.24) is 10.6 Å². The number of carbonyl (C=O) groups excluding carboxylic acids is 1. The molecule has 3 atom stereocenters. The van der Waals surface area contributed by atoms with Gasteiger partial charge in [-0.15, -0.1) is 0 Å². The van der Waals surface area contributed by atoms with Crippen LogP contribution in [0.4, 0.5) is 0 Å². The largest absolute Gasteiger partial charge is 0.356 e. The van der Waals surface area contributed by atoms with Crippen LogP contribution in [-0.2, 0) is 4.79 Å². The van der Waals surface area contributed by atoms with Crippen LogP contribution in [0.3, 0.4) is 0 Å². The molecule has 0 spiro atoms. The molecule has 2 bridgehead atoms. The van der Waals surface area contributed by atoms with E-state index in [0.717, 1.165) is 18.9 Å². The molecule has 2 saturated heterocycles. The van der Waals surface area contributed by atoms with Crippen molar-refractivity contribution >= 4 is 5.91 Å². The minimum atomic E-state index is 0.259. The van der Waals surface area contributed by atoms with E-state index in [-0.39, 0.29) is 5.92 Å². The van der Waals surface area contributed by atoms with Gasteiger partial charge in [0.2, 0.25) is 5.91 Å². The van der Waals surface area contributed by atoms with Crippen molar-refractivity contribution in [3.05, 3.63) is 0 Å². The van der Waals surface area contributed by atoms with Gasteiger partial charge >= 0.3 is 0 Å². The van der Waals surface area contributed by atoms with Crippen LogP contribution in [0, 0.1) is 11.8 Å². The number of hydrogen-bond donors (Lipinski definition) is 2. The highest BCUT2D eigenvalue weighted by atomic mass is 16.1. The van der Waals surface area contributed by atoms with Crippen LogP contribution in [0.1, 0.15) is 57.8 Å². The zero-order chi connectivity index (χ0) is 12.4. The molecule has 0 aromatic carbocycles. The Bertz CT molecular complexity index is 299. The molecule has 3 aliphatic rings. The zero-order valence-electron chi connectivity index (χ0n) is 11.3. The molecule has 102 valence electrons. The molecule has 1 amide bonds. The minimum absolute atomic E-state index is 0.259. The van der Waals surface area contributed by atoms with Crippen molar-refractivity contribution in [3.8, 4) is 0 Å². The first-order valence-corrected chi connectivity index (χ1v) is 7.86. The van der Waals surface area contributed by atoms with Crippen LogP contribution in [0.25, 0.3) is 0 Å². The maximum atomic E-state index is 12.1. The standard InChI is InChI=1S/C15H26N2O/c18-15(13-10-12-7-8-14(13)17-12)16-9-3-6-11-4-1-2-5-11/h11-14,17H,1-10H2,(H,16,18). The van der Waals surface area contributed by atoms with E-state index in [1.54, 1.807) is 0 Å². The Morgan fingerprint density at radius 3 is 2.67 bits per heavy atom. The summed E-state index contributed by atoms with van der Waals surface area (Å²) in [7, 11) is 0. The molecule has 3 fully saturated rings. The van der Waals surface area contributed by atoms with Crippen LogP contribution in [0.15, 0.2) is 0 Å². The van der Waals surface area contributed by atoms with E-state index in [1.807, 2.05) is 0 Å². The lowest BCUT2D eigenvalue weighted by Crippen LogP contribution is -2.37. The molecular weight excluding hydrogens is 224 g/mol. The highest BCUT2D eigenvalue weighted by Crippen LogP contribution is 2.33. The summed E-state index contributed by atoms with van der Waals surface area (Å²) in [5.41, 5.74) is 0. The second-order valence-corrected chi connectivity index (χ2v) is 6.47. The molecule has 1 saturated carbocycles. The van der Waals surface area contributed by atoms with Gasteiger partial charge in [-0.25, -0.2) is 0 Å². The van der Waals surface area contributed by atoms with Gasteiger partial charge in [-0.1, -0.05) is 25.7 Å². The average molecular weight is 250 g/mol. The molecule has 3 nitrogen and oxygen atoms in total. The lowest BCUT2D eigenvalue weighted by Gasteiger charge is -2.19. The lowest BCUT2D eigenvalue weighted by molar-refractivity contribution is -0.125. The quantitative estimate of drug-likeness (QED) is 0.735. The third kappa shape index (κ3) is 2.71. The van der Waals surface area contributed by atoms with Gasteiger partial charge in [-0.3, -0.25) is 4.79 Å². The van der Waals surface area contributed by atoms with Gasteiger partial charge in [-0.2, -0.15) is 0 Å². The van der Waals surface area contributed by atoms with Crippen molar-refractivity contribution in [2.24, 2.45) is 11.8 Å². The van der Waals surface area contributed by atoms with Gasteiger partial charge < -0.3 is 10.6 Å². The molecule has 2 N–H and O–H groups in total. The molecule has 1 aliphatic carbocycles. The first-order valence-electron chi connectivity index (χ1n) is 7.86. The number of amides is 1. The van der Waals surface area contributed by atoms with E-state index in [0.29, 0.717) is 18.0 Å². The predicted molar refractivity (Wildman–Crippen MR) is 72.3 cm³/mol. The summed E-state index contributed by atoms with van der Waals surface area (Å²) >= 11 is 0. The number of rotatable bonds is 5. The lowest BCUT2D eigenvalue weighted by atomic mass is 9.88. The fourth-order valence-corrected chi connectivity index (χ4v) is 4.15. The van der Waals surface area contributed by atoms with Crippen molar-refractivity contribution in [2.75, 3.05) is 6.54 Å². The first kappa shape index (κ1) is 12.5. The molecule has 2 aliphatic heterocycles. The van der Waals surface area contributed by atoms with E-state index >= 15 is 0 Å². The summed E-state index contributed by atoms with van der Waals surface area (Å²) in [5, 5.41) is 6.69. The molecule has 3 rings (SSSR count). The summed E-state index contributed by atoms with van der Waals surface area (Å²) < 4.78 is 0. The van der Waals surface area contributed by atoms with Gasteiger partial charge in [-0.05, 0) is 38.0 Å². The Morgan fingerprint density at radius 2 is 2.00 bits per heavy atom. The second-order valence-electron chi connectivity index (χ2n) is 6.47. The second kappa shape index (κ2) is 5.60. The molecular formula is C15H26N2O. The highest BCUT2D eigenvalue weighted by Gasteiger charge is 2.42. The van der Waals surface area contributed by atoms with E-state index in [1.165, 1.54) is 51.4 Å². The normalized spacial score (nSPS) is 35.2. The summed E-state index contributed by atoms with van der Waals surface area (Å²) in [6.07, 6.45) is 11.7. The first-order chi connectivity index (χ1) is 8.83. The molecule has 3 unspecified atom stereocenters. The molecule has 0 radical (unpaired) electrons. The van der Waals surface area contributed by atoms with Crippen molar-refractivity contribution < 1.29 is 4.79 Å². The summed E-state index contributed by atoms with van der Waals surface area (Å²) in [4.78, 5) is 12.1. The highest BCUT2D eigenvalue weighted by molar-refractivity contribution is 5.80. The average Bonchev–Trinajstić information content (AvgIpc) is 3.10. The van der Waals surface area contributed by atoms with Crippen molar-refractivity contribution in [1.29, 1.82) is 0 Å². The fraction of sp³-hybridized carbons (Fsp3) is 0.933. The van der Waals surface area contributed by atoms with Crippen molar-refractivity contribution in [3.63, 3.8) is 0 Å². The third-order valence-corrected chi connectivity index (χ3v) is 5.20. The number of hydrogen-bond acceptors (Lipinski definition) is 2. The monoisotopic (exact) mass is 250 g/mol. The van der Waals surface area contributed by atoms with Crippen LogP contribution < -0.4 is 10.6 Å². The van der Waals surface area contributed by atoms with Gasteiger partial charge in [0, 0.05) is 18.6 Å². The topological polar surface area (TPSA) is 41.1 Å². The fourth-order valence-electron chi connectivity index (χ4n) is 4.15. The molecule has 0 aromatic rings. The Labute approximate surface area is 110 Å². The van der Waals surface area contributed by atoms with E-state index in [4.69, 9.17) is 0 Å². The smallest absolute Gasteiger partial charge is 0.224 e. The number of nitrogens with one attached hydrogen (secondary N) is 2. The van der Waals surface area contributed by atoms with Crippen LogP contribution in [0.5, 0.6) is 0 Å². The van der Waals surface area contributed by atoms with Crippen molar-refractivity contribution in [2.45, 2.75) is 69.9 Å². The van der Waals surface area contributed by atoms with E-state index < -0.39 is 0 Å². The van der Waals surface area contributed by atoms with Gasteiger partial charge in [0.05, 0.1) is 5.92 Å². The van der Waals surface area contributed by atoms with E-state index in [2.05, 4.69) is 10.6 Å². The van der Waals surface area contributed by atoms with Gasteiger partial charge in [0.25, 0.3) is 0 Å². The maximum Gasteiger partial charge on any atom is 0.224 e. The summed E-state index contributed by atoms with van der Waals surface area (Å²) in [6, 6.07) is 1.11. The summed E-state index contributed by atoms with van der Waals surface area (Å²) in [5.74, 6) is 1.52. The van der Waals surface area contributed by atoms with Gasteiger partial charge in [0.15, 0.2) is 0 Å². The molecule has 3 heteroatoms. The Balaban J connectivity index is 1.32. The number of fused-ring (bicyclic) bond motifs is 2. The van der Waals surface area contributed by atoms with Gasteiger partial charge in [0.1, 0.15) is 0 Å². The molecule has 2 heterocycles. The van der Waals surface area contributed by atoms with E-state index in [9.17, 15) is 4.79 Å². The molecule has 0 aromatic heterocycles. The Hall–Kier alpha value is -0.570. The summed E-state index contributed by atoms with van der Waals surface area (Å²) in [6.45, 7) is 0.892. The Morgan fingerprint density at radius 1 is 1.17 bits per heavy atom. The predicted octanol–water partition coefficient (Wildman–Crippen LogP) is 2.21. The minimum Gasteiger partial charge on any atom is -0.356 e. The maximum absolute atomic E-state index is 12.1. The van der Waals surface area contributed by atoms with Crippen LogP contribution >= 0.6 is 0 Å². The van der Waals surface area contributed by atoms with Crippen LogP contribution in [-0.4, -0.2) is 24.5 Å². The Kier molecular flexibility index (Phi) is 3.88. The third-order valence-electron chi connectivity index (χ3n) is 5.20. The molecule has 18 heavy (non-hydrogen) atoms. The zero-order valence-corrected chi connectivity index (χ0v) is 11.3. The SMILES string of the molecule is O=C(NCCCC1CCCC1)C1CC2CCC1N2.